The number of rotatable bonds is 6. The summed E-state index contributed by atoms with van der Waals surface area (Å²) in [6.07, 6.45) is 1.50. The fraction of sp³-hybridized carbons (Fsp3) is 0.222. The molecule has 1 saturated heterocycles. The fourth-order valence-electron chi connectivity index (χ4n) is 4.50. The molecule has 10 nitrogen and oxygen atoms in total. The van der Waals surface area contributed by atoms with E-state index in [1.165, 1.54) is 17.2 Å². The van der Waals surface area contributed by atoms with Crippen LogP contribution in [-0.4, -0.2) is 76.3 Å². The number of ketones is 1. The van der Waals surface area contributed by atoms with Gasteiger partial charge in [-0.15, -0.1) is 9.24 Å². The van der Waals surface area contributed by atoms with Gasteiger partial charge in [0.2, 0.25) is 0 Å². The monoisotopic (exact) mass is 532 g/mol. The van der Waals surface area contributed by atoms with Crippen LogP contribution in [0.15, 0.2) is 59.3 Å². The molecule has 194 valence electrons. The third-order valence-corrected chi connectivity index (χ3v) is 6.92. The van der Waals surface area contributed by atoms with E-state index in [2.05, 4.69) is 19.4 Å². The van der Waals surface area contributed by atoms with Crippen molar-refractivity contribution in [3.63, 3.8) is 0 Å². The molecule has 11 heteroatoms. The molecule has 0 spiro atoms. The number of Topliss-reactive ketones (excluding diaryl/α,β-unsaturated/α-hetero) is 1. The Hall–Kier alpha value is -4.30. The molecule has 1 atom stereocenters. The Morgan fingerprint density at radius 2 is 1.74 bits per heavy atom. The molecule has 2 amide bonds. The van der Waals surface area contributed by atoms with Crippen LogP contribution in [0.4, 0.5) is 0 Å². The lowest BCUT2D eigenvalue weighted by molar-refractivity contribution is -0.127. The van der Waals surface area contributed by atoms with Crippen LogP contribution in [-0.2, 0) is 9.53 Å². The predicted octanol–water partition coefficient (Wildman–Crippen LogP) is 2.67. The van der Waals surface area contributed by atoms with Crippen LogP contribution in [0.2, 0.25) is 0 Å². The second kappa shape index (κ2) is 10.6. The van der Waals surface area contributed by atoms with E-state index in [0.717, 1.165) is 0 Å². The van der Waals surface area contributed by atoms with Crippen molar-refractivity contribution in [3.05, 3.63) is 71.5 Å². The average molecular weight is 532 g/mol. The maximum atomic E-state index is 13.3. The highest BCUT2D eigenvalue weighted by Crippen LogP contribution is 2.31. The van der Waals surface area contributed by atoms with Gasteiger partial charge in [-0.25, -0.2) is 4.79 Å². The highest BCUT2D eigenvalue weighted by molar-refractivity contribution is 7.28. The van der Waals surface area contributed by atoms with Crippen LogP contribution in [0.5, 0.6) is 0 Å². The van der Waals surface area contributed by atoms with E-state index in [-0.39, 0.29) is 36.9 Å². The maximum absolute atomic E-state index is 13.3. The van der Waals surface area contributed by atoms with Gasteiger partial charge in [0.05, 0.1) is 17.7 Å². The molecule has 2 aromatic heterocycles. The van der Waals surface area contributed by atoms with Gasteiger partial charge in [-0.1, -0.05) is 29.4 Å². The second-order valence-corrected chi connectivity index (χ2v) is 9.35. The highest BCUT2D eigenvalue weighted by Gasteiger charge is 2.31. The van der Waals surface area contributed by atoms with Gasteiger partial charge in [0.25, 0.3) is 17.6 Å². The molecule has 1 N–H and O–H groups in total. The average Bonchev–Trinajstić information content (AvgIpc) is 3.62. The number of aromatic amines is 1. The molecule has 2 aromatic carbocycles. The molecule has 0 aliphatic carbocycles. The van der Waals surface area contributed by atoms with E-state index >= 15 is 0 Å². The fourth-order valence-corrected chi connectivity index (χ4v) is 4.89. The number of amides is 2. The zero-order valence-corrected chi connectivity index (χ0v) is 21.8. The minimum Gasteiger partial charge on any atom is -0.461 e. The van der Waals surface area contributed by atoms with Crippen LogP contribution < -0.4 is 5.30 Å². The quantitative estimate of drug-likeness (QED) is 0.175. The lowest BCUT2D eigenvalue weighted by Crippen LogP contribution is -2.52. The van der Waals surface area contributed by atoms with Crippen LogP contribution in [0, 0.1) is 0 Å². The summed E-state index contributed by atoms with van der Waals surface area (Å²) >= 11 is 0. The molecule has 1 aliphatic rings. The molecule has 38 heavy (non-hydrogen) atoms. The van der Waals surface area contributed by atoms with Crippen molar-refractivity contribution in [2.24, 2.45) is 0 Å². The SMILES string of the molecule is CCOC(=O)c1cc(-c2ccc(P)c3c(C(=O)C(=O)N4CCN(C(=O)c5ccccc5)CC4)c[nH]c23)on1. The number of aromatic nitrogens is 2. The topological polar surface area (TPSA) is 126 Å². The molecule has 1 aliphatic heterocycles. The summed E-state index contributed by atoms with van der Waals surface area (Å²) in [5.41, 5.74) is 2.00. The number of benzene rings is 2. The lowest BCUT2D eigenvalue weighted by Gasteiger charge is -2.34. The van der Waals surface area contributed by atoms with E-state index in [4.69, 9.17) is 9.26 Å². The molecule has 5 rings (SSSR count). The summed E-state index contributed by atoms with van der Waals surface area (Å²) in [7, 11) is 2.57. The number of esters is 1. The van der Waals surface area contributed by atoms with Crippen molar-refractivity contribution < 1.29 is 28.4 Å². The van der Waals surface area contributed by atoms with Gasteiger partial charge in [-0.3, -0.25) is 14.4 Å². The number of carbonyl (C=O) groups excluding carboxylic acids is 4. The van der Waals surface area contributed by atoms with Gasteiger partial charge < -0.3 is 24.0 Å². The second-order valence-electron chi connectivity index (χ2n) is 8.73. The molecule has 0 radical (unpaired) electrons. The van der Waals surface area contributed by atoms with E-state index < -0.39 is 17.7 Å². The Kier molecular flexibility index (Phi) is 7.07. The summed E-state index contributed by atoms with van der Waals surface area (Å²) < 4.78 is 10.3. The summed E-state index contributed by atoms with van der Waals surface area (Å²) in [6, 6.07) is 14.0. The first-order valence-corrected chi connectivity index (χ1v) is 12.7. The Morgan fingerprint density at radius 3 is 2.45 bits per heavy atom. The molecule has 0 bridgehead atoms. The Balaban J connectivity index is 1.34. The Morgan fingerprint density at radius 1 is 1.03 bits per heavy atom. The molecule has 1 unspecified atom stereocenters. The van der Waals surface area contributed by atoms with Crippen molar-refractivity contribution in [1.82, 2.24) is 19.9 Å². The highest BCUT2D eigenvalue weighted by atomic mass is 31.0. The number of H-pyrrole nitrogens is 1. The van der Waals surface area contributed by atoms with Crippen LogP contribution >= 0.6 is 9.24 Å². The first-order chi connectivity index (χ1) is 18.4. The first kappa shape index (κ1) is 25.4. The van der Waals surface area contributed by atoms with Crippen molar-refractivity contribution >= 4 is 49.0 Å². The number of fused-ring (bicyclic) bond motifs is 1. The predicted molar refractivity (Wildman–Crippen MR) is 142 cm³/mol. The third kappa shape index (κ3) is 4.70. The Labute approximate surface area is 220 Å². The summed E-state index contributed by atoms with van der Waals surface area (Å²) in [6.45, 7) is 3.12. The molecular formula is C27H25N4O6P. The summed E-state index contributed by atoms with van der Waals surface area (Å²) in [5.74, 6) is -1.66. The number of ether oxygens (including phenoxy) is 1. The first-order valence-electron chi connectivity index (χ1n) is 12.1. The number of carbonyl (C=O) groups is 4. The standard InChI is InChI=1S/C27H25N4O6P/c1-2-36-27(35)19-14-20(37-29-19)17-8-9-21(38)22-18(15-28-23(17)22)24(32)26(34)31-12-10-30(11-13-31)25(33)16-6-4-3-5-7-16/h3-9,14-15,28H,2,10-13,38H2,1H3. The number of nitrogens with zero attached hydrogens (tertiary/aromatic N) is 3. The van der Waals surface area contributed by atoms with Gasteiger partial charge in [0.1, 0.15) is 0 Å². The maximum Gasteiger partial charge on any atom is 0.360 e. The molecule has 3 heterocycles. The van der Waals surface area contributed by atoms with Crippen molar-refractivity contribution in [2.45, 2.75) is 6.92 Å². The smallest absolute Gasteiger partial charge is 0.360 e. The zero-order valence-electron chi connectivity index (χ0n) is 20.6. The number of hydrogen-bond acceptors (Lipinski definition) is 7. The van der Waals surface area contributed by atoms with Crippen molar-refractivity contribution in [2.75, 3.05) is 32.8 Å². The van der Waals surface area contributed by atoms with E-state index in [9.17, 15) is 19.2 Å². The normalized spacial score (nSPS) is 13.5. The largest absolute Gasteiger partial charge is 0.461 e. The minimum absolute atomic E-state index is 0.0351. The lowest BCUT2D eigenvalue weighted by atomic mass is 10.0. The molecule has 1 fully saturated rings. The number of nitrogens with one attached hydrogen (secondary N) is 1. The van der Waals surface area contributed by atoms with Gasteiger partial charge in [-0.2, -0.15) is 0 Å². The summed E-state index contributed by atoms with van der Waals surface area (Å²) in [5, 5.41) is 5.05. The minimum atomic E-state index is -0.648. The van der Waals surface area contributed by atoms with Crippen molar-refractivity contribution in [3.8, 4) is 11.3 Å². The number of piperazine rings is 1. The van der Waals surface area contributed by atoms with Crippen LogP contribution in [0.3, 0.4) is 0 Å². The Bertz CT molecular complexity index is 1540. The number of hydrogen-bond donors (Lipinski definition) is 1. The van der Waals surface area contributed by atoms with Gasteiger partial charge >= 0.3 is 5.97 Å². The molecular weight excluding hydrogens is 507 g/mol. The van der Waals surface area contributed by atoms with Gasteiger partial charge in [0, 0.05) is 55.0 Å². The van der Waals surface area contributed by atoms with E-state index in [0.29, 0.717) is 46.2 Å². The molecule has 4 aromatic rings. The van der Waals surface area contributed by atoms with Gasteiger partial charge in [0.15, 0.2) is 11.5 Å². The van der Waals surface area contributed by atoms with Gasteiger partial charge in [-0.05, 0) is 30.4 Å². The molecule has 0 saturated carbocycles. The van der Waals surface area contributed by atoms with E-state index in [1.54, 1.807) is 48.2 Å². The zero-order chi connectivity index (χ0) is 26.8. The van der Waals surface area contributed by atoms with Crippen LogP contribution in [0.1, 0.15) is 38.1 Å². The third-order valence-electron chi connectivity index (χ3n) is 6.44. The summed E-state index contributed by atoms with van der Waals surface area (Å²) in [4.78, 5) is 57.4. The van der Waals surface area contributed by atoms with Crippen LogP contribution in [0.25, 0.3) is 22.2 Å². The van der Waals surface area contributed by atoms with E-state index in [1.807, 2.05) is 6.07 Å². The van der Waals surface area contributed by atoms with Crippen molar-refractivity contribution in [1.29, 1.82) is 0 Å².